The number of carbonyl (C=O) groups is 5. The second kappa shape index (κ2) is 9.01. The lowest BCUT2D eigenvalue weighted by Gasteiger charge is -2.10. The minimum absolute atomic E-state index is 0.00601. The molecule has 0 aromatic heterocycles. The molecule has 0 radical (unpaired) electrons. The van der Waals surface area contributed by atoms with Gasteiger partial charge in [0.05, 0.1) is 13.2 Å². The molecule has 0 atom stereocenters. The molecule has 10 heteroatoms. The molecule has 4 N–H and O–H groups in total. The highest BCUT2D eigenvalue weighted by Crippen LogP contribution is 2.19. The number of esters is 2. The molecule has 0 fully saturated rings. The highest BCUT2D eigenvalue weighted by Gasteiger charge is 2.18. The topological polar surface area (TPSA) is 154 Å². The van der Waals surface area contributed by atoms with Gasteiger partial charge in [0, 0.05) is 16.9 Å². The van der Waals surface area contributed by atoms with Crippen LogP contribution in [0.1, 0.15) is 24.2 Å². The number of amides is 3. The first-order chi connectivity index (χ1) is 11.8. The maximum atomic E-state index is 11.6. The van der Waals surface area contributed by atoms with E-state index in [1.807, 2.05) is 0 Å². The number of anilines is 2. The standard InChI is InChI=1S/C15H17N3O7/c1-3-24-14(22)12(20)17-9-5-8(11(16)19)6-10(7-9)18-13(21)15(23)25-4-2/h5-7H,3-4H2,1-2H3,(H2,16,19)(H,17,20)(H,18,21). The predicted molar refractivity (Wildman–Crippen MR) is 85.5 cm³/mol. The first kappa shape index (κ1) is 19.6. The number of nitrogens with one attached hydrogen (secondary N) is 2. The molecule has 0 unspecified atom stereocenters. The Kier molecular flexibility index (Phi) is 7.07. The number of ether oxygens (including phenoxy) is 2. The van der Waals surface area contributed by atoms with E-state index in [1.54, 1.807) is 0 Å². The average Bonchev–Trinajstić information content (AvgIpc) is 2.54. The van der Waals surface area contributed by atoms with Crippen molar-refractivity contribution in [1.82, 2.24) is 0 Å². The Morgan fingerprint density at radius 1 is 0.840 bits per heavy atom. The predicted octanol–water partition coefficient (Wildman–Crippen LogP) is -0.211. The lowest BCUT2D eigenvalue weighted by molar-refractivity contribution is -0.152. The molecule has 134 valence electrons. The van der Waals surface area contributed by atoms with Gasteiger partial charge in [-0.3, -0.25) is 14.4 Å². The van der Waals surface area contributed by atoms with Gasteiger partial charge in [-0.05, 0) is 32.0 Å². The summed E-state index contributed by atoms with van der Waals surface area (Å²) in [5.74, 6) is -5.25. The molecule has 1 aromatic carbocycles. The number of carbonyl (C=O) groups excluding carboxylic acids is 5. The fourth-order valence-corrected chi connectivity index (χ4v) is 1.67. The van der Waals surface area contributed by atoms with E-state index in [0.29, 0.717) is 0 Å². The van der Waals surface area contributed by atoms with Crippen molar-refractivity contribution in [3.8, 4) is 0 Å². The molecule has 0 bridgehead atoms. The minimum Gasteiger partial charge on any atom is -0.459 e. The number of rotatable bonds is 5. The highest BCUT2D eigenvalue weighted by molar-refractivity contribution is 6.38. The van der Waals surface area contributed by atoms with Crippen molar-refractivity contribution in [3.63, 3.8) is 0 Å². The summed E-state index contributed by atoms with van der Waals surface area (Å²) in [5.41, 5.74) is 5.10. The Hall–Kier alpha value is -3.43. The maximum Gasteiger partial charge on any atom is 0.397 e. The van der Waals surface area contributed by atoms with Crippen molar-refractivity contribution in [2.75, 3.05) is 23.8 Å². The van der Waals surface area contributed by atoms with E-state index in [9.17, 15) is 24.0 Å². The van der Waals surface area contributed by atoms with Crippen molar-refractivity contribution in [2.45, 2.75) is 13.8 Å². The summed E-state index contributed by atoms with van der Waals surface area (Å²) < 4.78 is 9.07. The molecular formula is C15H17N3O7. The van der Waals surface area contributed by atoms with Crippen LogP contribution in [0.5, 0.6) is 0 Å². The van der Waals surface area contributed by atoms with E-state index in [1.165, 1.54) is 32.0 Å². The smallest absolute Gasteiger partial charge is 0.397 e. The zero-order valence-electron chi connectivity index (χ0n) is 13.6. The van der Waals surface area contributed by atoms with Crippen LogP contribution in [0.3, 0.4) is 0 Å². The summed E-state index contributed by atoms with van der Waals surface area (Å²) in [4.78, 5) is 57.3. The number of hydrogen-bond acceptors (Lipinski definition) is 7. The number of primary amides is 1. The lowest BCUT2D eigenvalue weighted by atomic mass is 10.1. The van der Waals surface area contributed by atoms with Gasteiger partial charge in [-0.25, -0.2) is 9.59 Å². The number of benzene rings is 1. The second-order valence-corrected chi connectivity index (χ2v) is 4.51. The van der Waals surface area contributed by atoms with E-state index >= 15 is 0 Å². The first-order valence-corrected chi connectivity index (χ1v) is 7.19. The molecule has 0 spiro atoms. The quantitative estimate of drug-likeness (QED) is 0.490. The van der Waals surface area contributed by atoms with Crippen LogP contribution in [-0.4, -0.2) is 42.9 Å². The summed E-state index contributed by atoms with van der Waals surface area (Å²) in [5, 5.41) is 4.40. The monoisotopic (exact) mass is 351 g/mol. The van der Waals surface area contributed by atoms with E-state index in [2.05, 4.69) is 20.1 Å². The molecule has 0 saturated heterocycles. The molecule has 25 heavy (non-hydrogen) atoms. The van der Waals surface area contributed by atoms with Crippen LogP contribution < -0.4 is 16.4 Å². The average molecular weight is 351 g/mol. The SMILES string of the molecule is CCOC(=O)C(=O)Nc1cc(NC(=O)C(=O)OCC)cc(C(N)=O)c1. The van der Waals surface area contributed by atoms with Crippen molar-refractivity contribution >= 4 is 41.0 Å². The largest absolute Gasteiger partial charge is 0.459 e. The molecule has 0 saturated carbocycles. The van der Waals surface area contributed by atoms with Crippen LogP contribution in [0.15, 0.2) is 18.2 Å². The van der Waals surface area contributed by atoms with E-state index < -0.39 is 29.7 Å². The molecule has 0 aliphatic rings. The van der Waals surface area contributed by atoms with Gasteiger partial charge in [0.25, 0.3) is 0 Å². The van der Waals surface area contributed by atoms with Gasteiger partial charge in [-0.15, -0.1) is 0 Å². The van der Waals surface area contributed by atoms with Gasteiger partial charge in [0.2, 0.25) is 5.91 Å². The zero-order valence-corrected chi connectivity index (χ0v) is 13.6. The van der Waals surface area contributed by atoms with Gasteiger partial charge in [-0.2, -0.15) is 0 Å². The van der Waals surface area contributed by atoms with E-state index in [0.717, 1.165) is 0 Å². The van der Waals surface area contributed by atoms with E-state index in [-0.39, 0.29) is 30.2 Å². The Balaban J connectivity index is 3.03. The third-order valence-corrected chi connectivity index (χ3v) is 2.65. The summed E-state index contributed by atoms with van der Waals surface area (Å²) >= 11 is 0. The summed E-state index contributed by atoms with van der Waals surface area (Å²) in [6.45, 7) is 3.08. The highest BCUT2D eigenvalue weighted by atomic mass is 16.5. The summed E-state index contributed by atoms with van der Waals surface area (Å²) in [6, 6.07) is 3.61. The molecule has 0 aliphatic heterocycles. The van der Waals surface area contributed by atoms with Crippen LogP contribution in [-0.2, 0) is 28.7 Å². The maximum absolute atomic E-state index is 11.6. The fraction of sp³-hybridized carbons (Fsp3) is 0.267. The Morgan fingerprint density at radius 2 is 1.24 bits per heavy atom. The second-order valence-electron chi connectivity index (χ2n) is 4.51. The van der Waals surface area contributed by atoms with Crippen LogP contribution in [0, 0.1) is 0 Å². The van der Waals surface area contributed by atoms with Crippen LogP contribution in [0.2, 0.25) is 0 Å². The van der Waals surface area contributed by atoms with Gasteiger partial charge < -0.3 is 25.8 Å². The Bertz CT molecular complexity index is 665. The molecular weight excluding hydrogens is 334 g/mol. The summed E-state index contributed by atoms with van der Waals surface area (Å²) in [7, 11) is 0. The van der Waals surface area contributed by atoms with Gasteiger partial charge in [0.1, 0.15) is 0 Å². The fourth-order valence-electron chi connectivity index (χ4n) is 1.67. The molecule has 3 amide bonds. The molecule has 1 rings (SSSR count). The van der Waals surface area contributed by atoms with Crippen molar-refractivity contribution < 1.29 is 33.4 Å². The van der Waals surface area contributed by atoms with Crippen LogP contribution in [0.4, 0.5) is 11.4 Å². The van der Waals surface area contributed by atoms with Crippen LogP contribution in [0.25, 0.3) is 0 Å². The number of nitrogens with two attached hydrogens (primary N) is 1. The van der Waals surface area contributed by atoms with Crippen LogP contribution >= 0.6 is 0 Å². The van der Waals surface area contributed by atoms with Crippen molar-refractivity contribution in [3.05, 3.63) is 23.8 Å². The first-order valence-electron chi connectivity index (χ1n) is 7.19. The van der Waals surface area contributed by atoms with Gasteiger partial charge >= 0.3 is 23.8 Å². The molecule has 1 aromatic rings. The Morgan fingerprint density at radius 3 is 1.56 bits per heavy atom. The molecule has 0 aliphatic carbocycles. The lowest BCUT2D eigenvalue weighted by Crippen LogP contribution is -2.26. The molecule has 0 heterocycles. The zero-order chi connectivity index (χ0) is 19.0. The van der Waals surface area contributed by atoms with E-state index in [4.69, 9.17) is 5.73 Å². The van der Waals surface area contributed by atoms with Crippen molar-refractivity contribution in [2.24, 2.45) is 5.73 Å². The molecule has 10 nitrogen and oxygen atoms in total. The van der Waals surface area contributed by atoms with Crippen molar-refractivity contribution in [1.29, 1.82) is 0 Å². The third-order valence-electron chi connectivity index (χ3n) is 2.65. The third kappa shape index (κ3) is 5.94. The number of hydrogen-bond donors (Lipinski definition) is 3. The normalized spacial score (nSPS) is 9.68. The Labute approximate surface area is 142 Å². The van der Waals surface area contributed by atoms with Gasteiger partial charge in [-0.1, -0.05) is 0 Å². The minimum atomic E-state index is -1.12. The summed E-state index contributed by atoms with van der Waals surface area (Å²) in [6.07, 6.45) is 0. The van der Waals surface area contributed by atoms with Gasteiger partial charge in [0.15, 0.2) is 0 Å².